The molecule has 1 aromatic heterocycles. The van der Waals surface area contributed by atoms with Crippen LogP contribution < -0.4 is 0 Å². The van der Waals surface area contributed by atoms with Crippen LogP contribution in [-0.4, -0.2) is 5.78 Å². The van der Waals surface area contributed by atoms with E-state index in [2.05, 4.69) is 22.9 Å². The normalized spacial score (nSPS) is 10.5. The van der Waals surface area contributed by atoms with Gasteiger partial charge in [-0.05, 0) is 40.0 Å². The largest absolute Gasteiger partial charge is 0.294 e. The maximum absolute atomic E-state index is 12.0. The number of benzene rings is 1. The van der Waals surface area contributed by atoms with Gasteiger partial charge in [-0.1, -0.05) is 31.2 Å². The van der Waals surface area contributed by atoms with Crippen LogP contribution in [0.3, 0.4) is 0 Å². The molecule has 1 nitrogen and oxygen atoms in total. The van der Waals surface area contributed by atoms with Crippen molar-refractivity contribution in [1.29, 1.82) is 0 Å². The average Bonchev–Trinajstić information content (AvgIpc) is 2.75. The van der Waals surface area contributed by atoms with Gasteiger partial charge >= 0.3 is 0 Å². The summed E-state index contributed by atoms with van der Waals surface area (Å²) in [5, 5.41) is 0. The molecule has 0 amide bonds. The van der Waals surface area contributed by atoms with Crippen molar-refractivity contribution in [1.82, 2.24) is 0 Å². The van der Waals surface area contributed by atoms with Crippen molar-refractivity contribution in [2.75, 3.05) is 0 Å². The quantitative estimate of drug-likeness (QED) is 0.760. The summed E-state index contributed by atoms with van der Waals surface area (Å²) in [5.41, 5.74) is 2.06. The number of halogens is 1. The second kappa shape index (κ2) is 5.61. The minimum Gasteiger partial charge on any atom is -0.294 e. The molecule has 1 aromatic carbocycles. The predicted octanol–water partition coefficient (Wildman–Crippen LogP) is 4.50. The molecule has 88 valence electrons. The zero-order valence-electron chi connectivity index (χ0n) is 9.57. The molecule has 0 fully saturated rings. The molecule has 0 aliphatic rings. The summed E-state index contributed by atoms with van der Waals surface area (Å²) in [4.78, 5) is 13.1. The first-order valence-corrected chi connectivity index (χ1v) is 7.16. The van der Waals surface area contributed by atoms with Crippen LogP contribution in [0.4, 0.5) is 0 Å². The van der Waals surface area contributed by atoms with Crippen molar-refractivity contribution in [2.24, 2.45) is 0 Å². The highest BCUT2D eigenvalue weighted by molar-refractivity contribution is 9.11. The highest BCUT2D eigenvalue weighted by Gasteiger charge is 2.08. The van der Waals surface area contributed by atoms with Crippen LogP contribution in [0.25, 0.3) is 0 Å². The molecule has 0 bridgehead atoms. The highest BCUT2D eigenvalue weighted by Crippen LogP contribution is 2.23. The SMILES string of the molecule is CCc1ccc(C(=O)Cc2ccc(Br)s2)cc1. The number of hydrogen-bond acceptors (Lipinski definition) is 2. The fraction of sp³-hybridized carbons (Fsp3) is 0.214. The Morgan fingerprint density at radius 2 is 1.88 bits per heavy atom. The minimum atomic E-state index is 0.182. The van der Waals surface area contributed by atoms with E-state index in [0.29, 0.717) is 6.42 Å². The lowest BCUT2D eigenvalue weighted by atomic mass is 10.0. The fourth-order valence-corrected chi connectivity index (χ4v) is 3.12. The van der Waals surface area contributed by atoms with Gasteiger partial charge in [-0.25, -0.2) is 0 Å². The molecule has 0 atom stereocenters. The van der Waals surface area contributed by atoms with Crippen molar-refractivity contribution >= 4 is 33.0 Å². The molecule has 3 heteroatoms. The molecular formula is C14H13BrOS. The average molecular weight is 309 g/mol. The molecule has 2 aromatic rings. The van der Waals surface area contributed by atoms with E-state index < -0.39 is 0 Å². The van der Waals surface area contributed by atoms with Crippen LogP contribution in [0.2, 0.25) is 0 Å². The summed E-state index contributed by atoms with van der Waals surface area (Å²) in [7, 11) is 0. The van der Waals surface area contributed by atoms with Crippen molar-refractivity contribution in [3.8, 4) is 0 Å². The Kier molecular flexibility index (Phi) is 4.13. The third-order valence-electron chi connectivity index (χ3n) is 2.65. The van der Waals surface area contributed by atoms with Gasteiger partial charge in [0, 0.05) is 16.9 Å². The maximum Gasteiger partial charge on any atom is 0.168 e. The molecule has 0 radical (unpaired) electrons. The summed E-state index contributed by atoms with van der Waals surface area (Å²) in [6.45, 7) is 2.11. The Bertz CT molecular complexity index is 513. The lowest BCUT2D eigenvalue weighted by Crippen LogP contribution is -2.02. The second-order valence-electron chi connectivity index (χ2n) is 3.86. The minimum absolute atomic E-state index is 0.182. The molecule has 0 spiro atoms. The van der Waals surface area contributed by atoms with E-state index in [4.69, 9.17) is 0 Å². The molecule has 0 saturated carbocycles. The van der Waals surface area contributed by atoms with E-state index in [1.54, 1.807) is 11.3 Å². The van der Waals surface area contributed by atoms with Crippen LogP contribution in [0.5, 0.6) is 0 Å². The van der Waals surface area contributed by atoms with E-state index in [1.165, 1.54) is 5.56 Å². The van der Waals surface area contributed by atoms with Gasteiger partial charge in [0.2, 0.25) is 0 Å². The third kappa shape index (κ3) is 3.27. The number of aryl methyl sites for hydroxylation is 1. The van der Waals surface area contributed by atoms with Gasteiger partial charge in [-0.2, -0.15) is 0 Å². The molecule has 0 aliphatic carbocycles. The lowest BCUT2D eigenvalue weighted by molar-refractivity contribution is 0.0994. The Labute approximate surface area is 114 Å². The van der Waals surface area contributed by atoms with Crippen LogP contribution in [-0.2, 0) is 12.8 Å². The van der Waals surface area contributed by atoms with Crippen molar-refractivity contribution in [3.63, 3.8) is 0 Å². The van der Waals surface area contributed by atoms with Crippen LogP contribution in [0, 0.1) is 0 Å². The summed E-state index contributed by atoms with van der Waals surface area (Å²) in [6.07, 6.45) is 1.49. The number of rotatable bonds is 4. The predicted molar refractivity (Wildman–Crippen MR) is 75.9 cm³/mol. The molecule has 0 N–H and O–H groups in total. The summed E-state index contributed by atoms with van der Waals surface area (Å²) in [6, 6.07) is 11.9. The van der Waals surface area contributed by atoms with Gasteiger partial charge in [0.1, 0.15) is 0 Å². The van der Waals surface area contributed by atoms with Gasteiger partial charge in [-0.3, -0.25) is 4.79 Å². The lowest BCUT2D eigenvalue weighted by Gasteiger charge is -2.01. The number of carbonyl (C=O) groups is 1. The number of carbonyl (C=O) groups excluding carboxylic acids is 1. The van der Waals surface area contributed by atoms with Crippen LogP contribution in [0.1, 0.15) is 27.7 Å². The Morgan fingerprint density at radius 3 is 2.41 bits per heavy atom. The first-order chi connectivity index (χ1) is 8.19. The summed E-state index contributed by atoms with van der Waals surface area (Å²) >= 11 is 5.02. The van der Waals surface area contributed by atoms with Gasteiger partial charge in [0.05, 0.1) is 3.79 Å². The molecule has 1 heterocycles. The molecule has 17 heavy (non-hydrogen) atoms. The third-order valence-corrected chi connectivity index (χ3v) is 4.27. The fourth-order valence-electron chi connectivity index (χ4n) is 1.63. The standard InChI is InChI=1S/C14H13BrOS/c1-2-10-3-5-11(6-4-10)13(16)9-12-7-8-14(15)17-12/h3-8H,2,9H2,1H3. The monoisotopic (exact) mass is 308 g/mol. The maximum atomic E-state index is 12.0. The van der Waals surface area contributed by atoms with E-state index >= 15 is 0 Å². The molecule has 0 saturated heterocycles. The zero-order valence-corrected chi connectivity index (χ0v) is 12.0. The van der Waals surface area contributed by atoms with Gasteiger partial charge in [-0.15, -0.1) is 11.3 Å². The van der Waals surface area contributed by atoms with Crippen molar-refractivity contribution in [2.45, 2.75) is 19.8 Å². The van der Waals surface area contributed by atoms with Crippen molar-refractivity contribution < 1.29 is 4.79 Å². The Hall–Kier alpha value is -0.930. The Morgan fingerprint density at radius 1 is 1.18 bits per heavy atom. The molecular weight excluding hydrogens is 296 g/mol. The van der Waals surface area contributed by atoms with Crippen LogP contribution in [0.15, 0.2) is 40.2 Å². The number of ketones is 1. The first-order valence-electron chi connectivity index (χ1n) is 5.55. The van der Waals surface area contributed by atoms with Gasteiger partial charge in [0.15, 0.2) is 5.78 Å². The van der Waals surface area contributed by atoms with E-state index in [9.17, 15) is 4.79 Å². The summed E-state index contributed by atoms with van der Waals surface area (Å²) < 4.78 is 1.07. The summed E-state index contributed by atoms with van der Waals surface area (Å²) in [5.74, 6) is 0.182. The first kappa shape index (κ1) is 12.5. The Balaban J connectivity index is 2.09. The van der Waals surface area contributed by atoms with Gasteiger partial charge in [0.25, 0.3) is 0 Å². The van der Waals surface area contributed by atoms with E-state index in [1.807, 2.05) is 36.4 Å². The topological polar surface area (TPSA) is 17.1 Å². The highest BCUT2D eigenvalue weighted by atomic mass is 79.9. The molecule has 2 rings (SSSR count). The van der Waals surface area contributed by atoms with E-state index in [-0.39, 0.29) is 5.78 Å². The smallest absolute Gasteiger partial charge is 0.168 e. The number of thiophene rings is 1. The molecule has 0 unspecified atom stereocenters. The van der Waals surface area contributed by atoms with E-state index in [0.717, 1.165) is 20.6 Å². The van der Waals surface area contributed by atoms with Crippen LogP contribution >= 0.6 is 27.3 Å². The zero-order chi connectivity index (χ0) is 12.3. The van der Waals surface area contributed by atoms with Gasteiger partial charge < -0.3 is 0 Å². The number of hydrogen-bond donors (Lipinski definition) is 0. The second-order valence-corrected chi connectivity index (χ2v) is 6.40. The van der Waals surface area contributed by atoms with Crippen molar-refractivity contribution in [3.05, 3.63) is 56.2 Å². The number of Topliss-reactive ketones (excluding diaryl/α,β-unsaturated/α-hetero) is 1. The molecule has 0 aliphatic heterocycles.